The molecule has 6 aliphatic rings. The molecular weight excluding hydrogens is 388 g/mol. The number of rotatable bonds is 0. The van der Waals surface area contributed by atoms with Crippen LogP contribution in [0.1, 0.15) is 59.8 Å². The van der Waals surface area contributed by atoms with Crippen molar-refractivity contribution in [2.24, 2.45) is 40.4 Å². The summed E-state index contributed by atoms with van der Waals surface area (Å²) in [5.74, 6) is 1.54. The zero-order valence-electron chi connectivity index (χ0n) is 19.1. The summed E-state index contributed by atoms with van der Waals surface area (Å²) in [5, 5.41) is 0. The number of ether oxygens (including phenoxy) is 2. The van der Waals surface area contributed by atoms with Gasteiger partial charge in [0.1, 0.15) is 0 Å². The maximum absolute atomic E-state index is 13.9. The summed E-state index contributed by atoms with van der Waals surface area (Å²) in [7, 11) is 0. The minimum Gasteiger partial charge on any atom is -0.349 e. The van der Waals surface area contributed by atoms with Crippen molar-refractivity contribution in [3.05, 3.63) is 35.5 Å². The van der Waals surface area contributed by atoms with Crippen LogP contribution in [0.25, 0.3) is 0 Å². The standard InChI is InChI=1S/C27H34O4/c1-15-7-10-27(30-14-15)16(2)24-22(31-27)12-21-19-6-5-17-11-18(28)8-9-25(17,3)20(19)13-23(29)26(21,24)4/h8-9,11,13,15-16,19,21-22,24H,5-7,10,12,14H2,1-4H3/t15-,16+,19-,21+,22?,24+,25+,26-,27+/m1/s1. The maximum atomic E-state index is 13.9. The Kier molecular flexibility index (Phi) is 4.08. The molecule has 0 N–H and O–H groups in total. The molecule has 6 rings (SSSR count). The Balaban J connectivity index is 1.38. The van der Waals surface area contributed by atoms with Crippen LogP contribution in [0, 0.1) is 40.4 Å². The summed E-state index contributed by atoms with van der Waals surface area (Å²) in [4.78, 5) is 25.8. The van der Waals surface area contributed by atoms with E-state index in [0.29, 0.717) is 17.8 Å². The van der Waals surface area contributed by atoms with E-state index in [9.17, 15) is 9.59 Å². The highest BCUT2D eigenvalue weighted by molar-refractivity contribution is 6.02. The van der Waals surface area contributed by atoms with Crippen molar-refractivity contribution >= 4 is 11.6 Å². The molecule has 0 aromatic rings. The summed E-state index contributed by atoms with van der Waals surface area (Å²) >= 11 is 0. The first-order valence-corrected chi connectivity index (χ1v) is 12.2. The van der Waals surface area contributed by atoms with E-state index in [1.165, 1.54) is 11.1 Å². The second-order valence-corrected chi connectivity index (χ2v) is 11.6. The summed E-state index contributed by atoms with van der Waals surface area (Å²) in [6.45, 7) is 9.66. The smallest absolute Gasteiger partial charge is 0.178 e. The average molecular weight is 423 g/mol. The molecule has 2 saturated carbocycles. The van der Waals surface area contributed by atoms with Crippen molar-refractivity contribution in [1.29, 1.82) is 0 Å². The lowest BCUT2D eigenvalue weighted by atomic mass is 9.51. The van der Waals surface area contributed by atoms with Crippen molar-refractivity contribution in [1.82, 2.24) is 0 Å². The molecule has 0 bridgehead atoms. The number of hydrogen-bond donors (Lipinski definition) is 0. The zero-order chi connectivity index (χ0) is 21.8. The van der Waals surface area contributed by atoms with E-state index in [4.69, 9.17) is 9.47 Å². The third-order valence-electron chi connectivity index (χ3n) is 10.1. The monoisotopic (exact) mass is 422 g/mol. The largest absolute Gasteiger partial charge is 0.349 e. The fourth-order valence-corrected chi connectivity index (χ4v) is 8.30. The van der Waals surface area contributed by atoms with Crippen LogP contribution < -0.4 is 0 Å². The van der Waals surface area contributed by atoms with Crippen LogP contribution in [-0.4, -0.2) is 30.1 Å². The molecule has 1 spiro atoms. The van der Waals surface area contributed by atoms with E-state index in [1.807, 2.05) is 12.2 Å². The van der Waals surface area contributed by atoms with Gasteiger partial charge < -0.3 is 9.47 Å². The van der Waals surface area contributed by atoms with Gasteiger partial charge in [0.25, 0.3) is 0 Å². The van der Waals surface area contributed by atoms with Gasteiger partial charge in [0, 0.05) is 29.1 Å². The van der Waals surface area contributed by atoms with Crippen molar-refractivity contribution in [2.75, 3.05) is 6.61 Å². The number of fused-ring (bicyclic) bond motifs is 7. The molecule has 0 radical (unpaired) electrons. The van der Waals surface area contributed by atoms with Crippen molar-refractivity contribution in [3.63, 3.8) is 0 Å². The van der Waals surface area contributed by atoms with Crippen LogP contribution in [0.3, 0.4) is 0 Å². The highest BCUT2D eigenvalue weighted by Crippen LogP contribution is 2.68. The van der Waals surface area contributed by atoms with Gasteiger partial charge in [-0.2, -0.15) is 0 Å². The Labute approximate surface area is 185 Å². The molecule has 166 valence electrons. The number of allylic oxidation sites excluding steroid dienone is 6. The normalized spacial score (nSPS) is 52.9. The highest BCUT2D eigenvalue weighted by Gasteiger charge is 2.70. The quantitative estimate of drug-likeness (QED) is 0.563. The lowest BCUT2D eigenvalue weighted by Gasteiger charge is -2.52. The Morgan fingerprint density at radius 1 is 1.10 bits per heavy atom. The molecule has 4 fully saturated rings. The minimum atomic E-state index is -0.499. The van der Waals surface area contributed by atoms with Gasteiger partial charge in [-0.25, -0.2) is 0 Å². The Morgan fingerprint density at radius 2 is 1.90 bits per heavy atom. The number of ketones is 2. The first-order valence-electron chi connectivity index (χ1n) is 12.2. The predicted molar refractivity (Wildman–Crippen MR) is 117 cm³/mol. The SMILES string of the molecule is C[C@@H]1CC[C@]2(OC1)OC1C[C@H]3[C@@H]4CCC5=CC(=O)C=C[C@]5(C)C4=CC(=O)[C@]3(C)[C@H]1[C@@H]2C. The first-order chi connectivity index (χ1) is 14.7. The average Bonchev–Trinajstić information content (AvgIpc) is 3.18. The van der Waals surface area contributed by atoms with E-state index in [-0.39, 0.29) is 40.3 Å². The van der Waals surface area contributed by atoms with Crippen molar-refractivity contribution < 1.29 is 19.1 Å². The third-order valence-corrected chi connectivity index (χ3v) is 10.1. The molecule has 0 aromatic heterocycles. The topological polar surface area (TPSA) is 52.6 Å². The lowest BCUT2D eigenvalue weighted by molar-refractivity contribution is -0.271. The molecule has 2 heterocycles. The molecule has 31 heavy (non-hydrogen) atoms. The number of carbonyl (C=O) groups excluding carboxylic acids is 2. The second-order valence-electron chi connectivity index (χ2n) is 11.6. The summed E-state index contributed by atoms with van der Waals surface area (Å²) in [6.07, 6.45) is 12.6. The molecule has 2 saturated heterocycles. The first kappa shape index (κ1) is 20.1. The van der Waals surface area contributed by atoms with Crippen LogP contribution in [0.2, 0.25) is 0 Å². The van der Waals surface area contributed by atoms with Crippen LogP contribution in [0.5, 0.6) is 0 Å². The van der Waals surface area contributed by atoms with E-state index in [1.54, 1.807) is 12.2 Å². The van der Waals surface area contributed by atoms with Crippen LogP contribution in [0.15, 0.2) is 35.5 Å². The number of hydrogen-bond acceptors (Lipinski definition) is 4. The Hall–Kier alpha value is -1.52. The lowest BCUT2D eigenvalue weighted by Crippen LogP contribution is -2.52. The fourth-order valence-electron chi connectivity index (χ4n) is 8.30. The van der Waals surface area contributed by atoms with Gasteiger partial charge in [0.05, 0.1) is 12.7 Å². The van der Waals surface area contributed by atoms with Gasteiger partial charge in [-0.1, -0.05) is 32.4 Å². The predicted octanol–water partition coefficient (Wildman–Crippen LogP) is 4.80. The van der Waals surface area contributed by atoms with Gasteiger partial charge in [-0.3, -0.25) is 9.59 Å². The highest BCUT2D eigenvalue weighted by atomic mass is 16.7. The molecule has 0 amide bonds. The molecule has 1 unspecified atom stereocenters. The van der Waals surface area contributed by atoms with Crippen molar-refractivity contribution in [3.8, 4) is 0 Å². The molecular formula is C27H34O4. The second kappa shape index (κ2) is 6.29. The zero-order valence-corrected chi connectivity index (χ0v) is 19.1. The van der Waals surface area contributed by atoms with Gasteiger partial charge in [-0.05, 0) is 74.2 Å². The van der Waals surface area contributed by atoms with Crippen LogP contribution >= 0.6 is 0 Å². The maximum Gasteiger partial charge on any atom is 0.178 e. The fraction of sp³-hybridized carbons (Fsp3) is 0.704. The van der Waals surface area contributed by atoms with E-state index in [2.05, 4.69) is 27.7 Å². The van der Waals surface area contributed by atoms with E-state index in [0.717, 1.165) is 38.7 Å². The summed E-state index contributed by atoms with van der Waals surface area (Å²) in [5.41, 5.74) is 1.72. The van der Waals surface area contributed by atoms with Crippen LogP contribution in [-0.2, 0) is 19.1 Å². The third kappa shape index (κ3) is 2.44. The molecule has 4 heteroatoms. The summed E-state index contributed by atoms with van der Waals surface area (Å²) < 4.78 is 13.1. The Morgan fingerprint density at radius 3 is 2.65 bits per heavy atom. The van der Waals surface area contributed by atoms with Gasteiger partial charge >= 0.3 is 0 Å². The Bertz CT molecular complexity index is 948. The van der Waals surface area contributed by atoms with Gasteiger partial charge in [0.2, 0.25) is 0 Å². The molecule has 4 aliphatic carbocycles. The molecule has 9 atom stereocenters. The van der Waals surface area contributed by atoms with Gasteiger partial charge in [0.15, 0.2) is 17.4 Å². The molecule has 2 aliphatic heterocycles. The van der Waals surface area contributed by atoms with Crippen LogP contribution in [0.4, 0.5) is 0 Å². The van der Waals surface area contributed by atoms with E-state index >= 15 is 0 Å². The van der Waals surface area contributed by atoms with Crippen molar-refractivity contribution in [2.45, 2.75) is 71.7 Å². The summed E-state index contributed by atoms with van der Waals surface area (Å²) in [6, 6.07) is 0. The van der Waals surface area contributed by atoms with E-state index < -0.39 is 5.79 Å². The minimum absolute atomic E-state index is 0.0724. The molecule has 0 aromatic carbocycles. The molecule has 4 nitrogen and oxygen atoms in total. The van der Waals surface area contributed by atoms with Gasteiger partial charge in [-0.15, -0.1) is 0 Å². The number of carbonyl (C=O) groups is 2.